The lowest BCUT2D eigenvalue weighted by Gasteiger charge is -2.05. The Kier molecular flexibility index (Phi) is 88.8. The minimum Gasteiger partial charge on any atom is -0.385 e. The van der Waals surface area contributed by atoms with Gasteiger partial charge < -0.3 is 45.5 Å². The number of isocyanates is 1. The van der Waals surface area contributed by atoms with Gasteiger partial charge in [-0.25, -0.2) is 10.2 Å². The third kappa shape index (κ3) is 93.4. The summed E-state index contributed by atoms with van der Waals surface area (Å²) in [7, 11) is 15.1. The molecule has 0 radical (unpaired) electrons. The van der Waals surface area contributed by atoms with Crippen molar-refractivity contribution in [2.24, 2.45) is 0 Å². The van der Waals surface area contributed by atoms with E-state index in [-0.39, 0.29) is 5.91 Å². The molecule has 0 saturated heterocycles. The number of carbonyl (C=O) groups is 1. The van der Waals surface area contributed by atoms with Crippen molar-refractivity contribution in [3.63, 3.8) is 0 Å². The molecule has 0 saturated carbocycles. The van der Waals surface area contributed by atoms with Crippen molar-refractivity contribution in [2.75, 3.05) is 116 Å². The van der Waals surface area contributed by atoms with Gasteiger partial charge in [-0.15, -0.1) is 0 Å². The Hall–Kier alpha value is -1.47. The molecule has 6 N–H and O–H groups in total. The zero-order valence-corrected chi connectivity index (χ0v) is 44.9. The van der Waals surface area contributed by atoms with E-state index >= 15 is 0 Å². The fourth-order valence-electron chi connectivity index (χ4n) is 6.99. The van der Waals surface area contributed by atoms with E-state index < -0.39 is 0 Å². The van der Waals surface area contributed by atoms with Crippen LogP contribution in [-0.4, -0.2) is 128 Å². The van der Waals surface area contributed by atoms with Crippen LogP contribution in [0.4, 0.5) is 0 Å². The third-order valence-electron chi connectivity index (χ3n) is 11.0. The van der Waals surface area contributed by atoms with Gasteiger partial charge in [-0.2, -0.15) is 0 Å². The van der Waals surface area contributed by atoms with E-state index in [1.165, 1.54) is 199 Å². The number of unbranched alkanes of at least 4 members (excludes halogenated alkanes) is 28. The van der Waals surface area contributed by atoms with E-state index in [1.54, 1.807) is 28.4 Å². The molecule has 0 atom stereocenters. The van der Waals surface area contributed by atoms with Crippen LogP contribution in [0.25, 0.3) is 0 Å². The second kappa shape index (κ2) is 79.6. The minimum absolute atomic E-state index is 0.197. The van der Waals surface area contributed by atoms with Crippen molar-refractivity contribution < 1.29 is 28.5 Å². The monoisotopic (exact) mass is 933 g/mol. The van der Waals surface area contributed by atoms with Gasteiger partial charge in [-0.3, -0.25) is 4.79 Å². The third-order valence-corrected chi connectivity index (χ3v) is 11.0. The molecule has 0 heterocycles. The summed E-state index contributed by atoms with van der Waals surface area (Å²) in [6.07, 6.45) is 45.1. The summed E-state index contributed by atoms with van der Waals surface area (Å²) in [4.78, 5) is 19.8. The molecular weight excluding hydrogens is 817 g/mol. The molecule has 12 heteroatoms. The number of ether oxygens (including phenoxy) is 4. The van der Waals surface area contributed by atoms with Crippen LogP contribution < -0.4 is 26.6 Å². The van der Waals surface area contributed by atoms with Crippen molar-refractivity contribution in [3.8, 4) is 0 Å². The molecular formula is C53H116N6O6. The first-order valence-electron chi connectivity index (χ1n) is 26.8. The summed E-state index contributed by atoms with van der Waals surface area (Å²) in [5.74, 6) is 0.197. The van der Waals surface area contributed by atoms with E-state index in [4.69, 9.17) is 29.2 Å². The fraction of sp³-hybridized carbons (Fsp3) is 0.962. The molecule has 0 aliphatic rings. The van der Waals surface area contributed by atoms with Crippen molar-refractivity contribution in [2.45, 2.75) is 218 Å². The first-order valence-corrected chi connectivity index (χ1v) is 26.8. The van der Waals surface area contributed by atoms with E-state index in [0.717, 1.165) is 77.8 Å². The molecule has 0 aromatic carbocycles. The second-order valence-corrected chi connectivity index (χ2v) is 17.3. The van der Waals surface area contributed by atoms with Gasteiger partial charge in [-0.05, 0) is 119 Å². The van der Waals surface area contributed by atoms with E-state index in [2.05, 4.69) is 26.6 Å². The number of hydrogen-bond donors (Lipinski definition) is 6. The zero-order chi connectivity index (χ0) is 49.1. The number of nitrogens with one attached hydrogen (secondary N) is 6. The number of rotatable bonds is 48. The normalized spacial score (nSPS) is 10.3. The standard InChI is InChI=1S/C17H37NO.C14H30N2O2.C13H29NO.C8H19NO.CHNO/c1-18-16-14-12-10-8-6-4-3-5-7-9-11-13-15-17-19-2;1-15-11-7-3-4-8-12-16-14(17)10-6-5-9-13-18-2;1-14-12-10-8-6-4-3-5-7-9-11-13-15-2;1-9-7-5-3-4-6-8-10-2;2-1-3/h18H,3-17H2,1-2H3;15H,3-13H2,1-2H3,(H,16,17);14H,3-13H2,1-2H3;9H,3-8H2,1-2H3;2H. The van der Waals surface area contributed by atoms with Crippen LogP contribution in [0.3, 0.4) is 0 Å². The Labute approximate surface area is 405 Å². The molecule has 0 spiro atoms. The van der Waals surface area contributed by atoms with Crippen LogP contribution in [0.5, 0.6) is 0 Å². The number of hydrogen-bond acceptors (Lipinski definition) is 11. The predicted octanol–water partition coefficient (Wildman–Crippen LogP) is 11.7. The maximum atomic E-state index is 11.5. The highest BCUT2D eigenvalue weighted by Crippen LogP contribution is 2.13. The highest BCUT2D eigenvalue weighted by molar-refractivity contribution is 5.75. The van der Waals surface area contributed by atoms with Crippen LogP contribution in [0.2, 0.25) is 0 Å². The van der Waals surface area contributed by atoms with E-state index in [9.17, 15) is 4.79 Å². The second-order valence-electron chi connectivity index (χ2n) is 17.3. The molecule has 0 aliphatic heterocycles. The van der Waals surface area contributed by atoms with Gasteiger partial charge in [-0.1, -0.05) is 148 Å². The van der Waals surface area contributed by atoms with Gasteiger partial charge in [0.15, 0.2) is 0 Å². The quantitative estimate of drug-likeness (QED) is 0.0197. The molecule has 65 heavy (non-hydrogen) atoms. The van der Waals surface area contributed by atoms with Gasteiger partial charge in [0.2, 0.25) is 12.0 Å². The minimum atomic E-state index is 0.197. The Balaban J connectivity index is -0.000000246. The van der Waals surface area contributed by atoms with Crippen LogP contribution in [0.1, 0.15) is 218 Å². The molecule has 0 fully saturated rings. The summed E-state index contributed by atoms with van der Waals surface area (Å²) in [6.45, 7) is 9.02. The van der Waals surface area contributed by atoms with Crippen molar-refractivity contribution in [3.05, 3.63) is 0 Å². The van der Waals surface area contributed by atoms with Gasteiger partial charge in [0.05, 0.1) is 0 Å². The van der Waals surface area contributed by atoms with Gasteiger partial charge in [0.1, 0.15) is 0 Å². The van der Waals surface area contributed by atoms with E-state index in [0.29, 0.717) is 6.42 Å². The van der Waals surface area contributed by atoms with Crippen molar-refractivity contribution in [1.82, 2.24) is 26.6 Å². The molecule has 0 unspecified atom stereocenters. The van der Waals surface area contributed by atoms with Crippen LogP contribution >= 0.6 is 0 Å². The largest absolute Gasteiger partial charge is 0.385 e. The number of amides is 1. The smallest absolute Gasteiger partial charge is 0.231 e. The lowest BCUT2D eigenvalue weighted by Crippen LogP contribution is -2.24. The van der Waals surface area contributed by atoms with E-state index in [1.807, 2.05) is 28.2 Å². The molecule has 1 amide bonds. The molecule has 0 aromatic heterocycles. The topological polar surface area (TPSA) is 155 Å². The first-order chi connectivity index (χ1) is 32.0. The molecule has 394 valence electrons. The number of methoxy groups -OCH3 is 4. The lowest BCUT2D eigenvalue weighted by atomic mass is 10.0. The van der Waals surface area contributed by atoms with Crippen molar-refractivity contribution in [1.29, 1.82) is 5.41 Å². The maximum absolute atomic E-state index is 11.5. The maximum Gasteiger partial charge on any atom is 0.231 e. The number of carbonyl (C=O) groups excluding carboxylic acids is 2. The highest BCUT2D eigenvalue weighted by Gasteiger charge is 2.00. The molecule has 0 bridgehead atoms. The summed E-state index contributed by atoms with van der Waals surface area (Å²) in [5, 5.41) is 21.0. The van der Waals surface area contributed by atoms with Crippen LogP contribution in [0, 0.1) is 5.41 Å². The lowest BCUT2D eigenvalue weighted by molar-refractivity contribution is -0.121. The van der Waals surface area contributed by atoms with Crippen LogP contribution in [0.15, 0.2) is 0 Å². The summed E-state index contributed by atoms with van der Waals surface area (Å²) in [6, 6.07) is 0. The SMILES string of the molecule is CNCCCCCCCCCCCCCCCOC.CNCCCCCCCCCCCOC.CNCCCCCCNC(=O)CCCCCOC.CNCCCCCCOC.N=C=O. The first kappa shape index (κ1) is 72.5. The molecule has 0 rings (SSSR count). The Bertz CT molecular complexity index is 775. The molecule has 0 aliphatic carbocycles. The molecule has 12 nitrogen and oxygen atoms in total. The highest BCUT2D eigenvalue weighted by atomic mass is 16.5. The van der Waals surface area contributed by atoms with Gasteiger partial charge in [0.25, 0.3) is 0 Å². The summed E-state index contributed by atoms with van der Waals surface area (Å²) < 4.78 is 20.0. The van der Waals surface area contributed by atoms with Crippen LogP contribution in [-0.2, 0) is 28.5 Å². The van der Waals surface area contributed by atoms with Crippen molar-refractivity contribution >= 4 is 12.0 Å². The average molecular weight is 934 g/mol. The summed E-state index contributed by atoms with van der Waals surface area (Å²) >= 11 is 0. The predicted molar refractivity (Wildman–Crippen MR) is 282 cm³/mol. The zero-order valence-electron chi connectivity index (χ0n) is 44.9. The Morgan fingerprint density at radius 1 is 0.338 bits per heavy atom. The fourth-order valence-corrected chi connectivity index (χ4v) is 6.99. The van der Waals surface area contributed by atoms with Gasteiger partial charge >= 0.3 is 0 Å². The average Bonchev–Trinajstić information content (AvgIpc) is 3.31. The summed E-state index contributed by atoms with van der Waals surface area (Å²) in [5.41, 5.74) is 0. The Morgan fingerprint density at radius 3 is 0.738 bits per heavy atom. The Morgan fingerprint density at radius 2 is 0.523 bits per heavy atom. The van der Waals surface area contributed by atoms with Gasteiger partial charge in [0, 0.05) is 67.8 Å². The molecule has 0 aromatic rings.